The number of nitrogen functional groups attached to an aromatic ring is 1. The lowest BCUT2D eigenvalue weighted by Gasteiger charge is -2.10. The number of halogens is 1. The van der Waals surface area contributed by atoms with E-state index in [1.165, 1.54) is 15.9 Å². The minimum Gasteiger partial charge on any atom is -0.384 e. The first-order chi connectivity index (χ1) is 14.3. The number of aryl methyl sites for hydroxylation is 1. The van der Waals surface area contributed by atoms with E-state index in [1.54, 1.807) is 6.07 Å². The number of carbonyl (C=O) groups excluding carboxylic acids is 1. The summed E-state index contributed by atoms with van der Waals surface area (Å²) in [5.41, 5.74) is 6.18. The molecule has 12 heteroatoms. The third-order valence-corrected chi connectivity index (χ3v) is 6.91. The van der Waals surface area contributed by atoms with E-state index >= 15 is 0 Å². The summed E-state index contributed by atoms with van der Waals surface area (Å²) in [5, 5.41) is 12.4. The number of aromatic nitrogens is 4. The minimum absolute atomic E-state index is 0.0544. The minimum atomic E-state index is -0.768. The Bertz CT molecular complexity index is 1250. The molecule has 0 radical (unpaired) electrons. The molecule has 156 valence electrons. The lowest BCUT2D eigenvalue weighted by molar-refractivity contribution is 0.102. The third-order valence-electron chi connectivity index (χ3n) is 4.53. The SMILES string of the molecule is Cc1ccc(Nc2nnc(SCC(=O)c3c(N)n(C4CC4)c(=O)[nH]c3=O)s2)cc1Cl. The fraction of sp³-hybridized carbons (Fsp3) is 0.278. The van der Waals surface area contributed by atoms with Gasteiger partial charge in [-0.15, -0.1) is 10.2 Å². The van der Waals surface area contributed by atoms with Gasteiger partial charge in [-0.1, -0.05) is 40.8 Å². The number of carbonyl (C=O) groups is 1. The van der Waals surface area contributed by atoms with Crippen molar-refractivity contribution in [3.63, 3.8) is 0 Å². The average molecular weight is 465 g/mol. The van der Waals surface area contributed by atoms with Crippen LogP contribution in [0.5, 0.6) is 0 Å². The molecule has 1 aliphatic rings. The molecule has 0 saturated heterocycles. The van der Waals surface area contributed by atoms with E-state index in [0.717, 1.165) is 35.9 Å². The van der Waals surface area contributed by atoms with Gasteiger partial charge in [-0.05, 0) is 37.5 Å². The number of anilines is 3. The van der Waals surface area contributed by atoms with Crippen molar-refractivity contribution in [2.24, 2.45) is 0 Å². The number of aromatic amines is 1. The Morgan fingerprint density at radius 2 is 2.17 bits per heavy atom. The molecule has 9 nitrogen and oxygen atoms in total. The van der Waals surface area contributed by atoms with Crippen LogP contribution >= 0.6 is 34.7 Å². The first-order valence-corrected chi connectivity index (χ1v) is 11.2. The summed E-state index contributed by atoms with van der Waals surface area (Å²) in [4.78, 5) is 38.9. The number of hydrogen-bond donors (Lipinski definition) is 3. The third kappa shape index (κ3) is 4.27. The Morgan fingerprint density at radius 1 is 1.40 bits per heavy atom. The second-order valence-corrected chi connectivity index (χ2v) is 9.40. The highest BCUT2D eigenvalue weighted by Gasteiger charge is 2.30. The van der Waals surface area contributed by atoms with Crippen LogP contribution in [-0.2, 0) is 0 Å². The van der Waals surface area contributed by atoms with E-state index in [9.17, 15) is 14.4 Å². The van der Waals surface area contributed by atoms with Crippen molar-refractivity contribution in [2.45, 2.75) is 30.1 Å². The first kappa shape index (κ1) is 20.6. The van der Waals surface area contributed by atoms with Crippen LogP contribution in [0, 0.1) is 6.92 Å². The van der Waals surface area contributed by atoms with E-state index in [-0.39, 0.29) is 23.2 Å². The van der Waals surface area contributed by atoms with Crippen molar-refractivity contribution in [1.29, 1.82) is 0 Å². The first-order valence-electron chi connectivity index (χ1n) is 9.00. The van der Waals surface area contributed by atoms with Crippen LogP contribution in [0.25, 0.3) is 0 Å². The van der Waals surface area contributed by atoms with Gasteiger partial charge in [0.25, 0.3) is 5.56 Å². The van der Waals surface area contributed by atoms with Gasteiger partial charge < -0.3 is 11.1 Å². The summed E-state index contributed by atoms with van der Waals surface area (Å²) < 4.78 is 1.84. The van der Waals surface area contributed by atoms with Crippen molar-refractivity contribution in [3.8, 4) is 0 Å². The quantitative estimate of drug-likeness (QED) is 0.358. The zero-order chi connectivity index (χ0) is 21.4. The van der Waals surface area contributed by atoms with Crippen LogP contribution in [0.1, 0.15) is 34.8 Å². The molecule has 0 atom stereocenters. The monoisotopic (exact) mass is 464 g/mol. The molecule has 1 saturated carbocycles. The number of H-pyrrole nitrogens is 1. The van der Waals surface area contributed by atoms with E-state index in [4.69, 9.17) is 17.3 Å². The molecule has 30 heavy (non-hydrogen) atoms. The maximum atomic E-state index is 12.6. The standard InChI is InChI=1S/C18H17ClN6O3S2/c1-8-2-3-9(6-11(8)19)21-16-23-24-18(30-16)29-7-12(26)13-14(20)25(10-4-5-10)17(28)22-15(13)27/h2-3,6,10H,4-5,7,20H2,1H3,(H,21,23)(H,22,27,28). The predicted octanol–water partition coefficient (Wildman–Crippen LogP) is 2.99. The summed E-state index contributed by atoms with van der Waals surface area (Å²) in [6, 6.07) is 5.50. The summed E-state index contributed by atoms with van der Waals surface area (Å²) in [7, 11) is 0. The molecule has 1 aromatic carbocycles. The molecule has 3 aromatic rings. The number of ketones is 1. The number of benzene rings is 1. The smallest absolute Gasteiger partial charge is 0.330 e. The summed E-state index contributed by atoms with van der Waals surface area (Å²) in [6.45, 7) is 1.91. The van der Waals surface area contributed by atoms with Gasteiger partial charge in [0, 0.05) is 16.8 Å². The van der Waals surface area contributed by atoms with Crippen molar-refractivity contribution >= 4 is 57.1 Å². The fourth-order valence-electron chi connectivity index (χ4n) is 2.84. The molecular formula is C18H17ClN6O3S2. The van der Waals surface area contributed by atoms with Crippen LogP contribution < -0.4 is 22.3 Å². The van der Waals surface area contributed by atoms with Crippen molar-refractivity contribution < 1.29 is 4.79 Å². The van der Waals surface area contributed by atoms with Crippen LogP contribution in [-0.4, -0.2) is 31.3 Å². The fourth-order valence-corrected chi connectivity index (χ4v) is 4.67. The maximum Gasteiger partial charge on any atom is 0.330 e. The Kier molecular flexibility index (Phi) is 5.67. The molecule has 2 aromatic heterocycles. The highest BCUT2D eigenvalue weighted by Crippen LogP contribution is 2.35. The zero-order valence-electron chi connectivity index (χ0n) is 15.8. The molecule has 0 bridgehead atoms. The number of thioether (sulfide) groups is 1. The Hall–Kier alpha value is -2.63. The summed E-state index contributed by atoms with van der Waals surface area (Å²) in [6.07, 6.45) is 1.59. The molecule has 0 spiro atoms. The Labute approximate surface area is 183 Å². The Balaban J connectivity index is 1.45. The van der Waals surface area contributed by atoms with Crippen molar-refractivity contribution in [3.05, 3.63) is 55.2 Å². The molecular weight excluding hydrogens is 448 g/mol. The van der Waals surface area contributed by atoms with Crippen LogP contribution in [0.3, 0.4) is 0 Å². The largest absolute Gasteiger partial charge is 0.384 e. The van der Waals surface area contributed by atoms with Crippen LogP contribution in [0.4, 0.5) is 16.6 Å². The van der Waals surface area contributed by atoms with E-state index in [2.05, 4.69) is 20.5 Å². The van der Waals surface area contributed by atoms with Crippen molar-refractivity contribution in [2.75, 3.05) is 16.8 Å². The highest BCUT2D eigenvalue weighted by molar-refractivity contribution is 8.01. The molecule has 4 N–H and O–H groups in total. The van der Waals surface area contributed by atoms with E-state index in [0.29, 0.717) is 14.5 Å². The topological polar surface area (TPSA) is 136 Å². The number of nitrogens with zero attached hydrogens (tertiary/aromatic N) is 3. The van der Waals surface area contributed by atoms with Gasteiger partial charge in [0.05, 0.1) is 5.75 Å². The zero-order valence-corrected chi connectivity index (χ0v) is 18.2. The lowest BCUT2D eigenvalue weighted by Crippen LogP contribution is -2.36. The Morgan fingerprint density at radius 3 is 2.87 bits per heavy atom. The molecule has 1 aliphatic carbocycles. The van der Waals surface area contributed by atoms with Gasteiger partial charge >= 0.3 is 5.69 Å². The average Bonchev–Trinajstić information content (AvgIpc) is 3.41. The predicted molar refractivity (Wildman–Crippen MR) is 118 cm³/mol. The van der Waals surface area contributed by atoms with Gasteiger partial charge in [0.15, 0.2) is 10.1 Å². The van der Waals surface area contributed by atoms with Gasteiger partial charge in [-0.25, -0.2) is 4.79 Å². The summed E-state index contributed by atoms with van der Waals surface area (Å²) in [5.74, 6) is -0.600. The van der Waals surface area contributed by atoms with E-state index < -0.39 is 17.0 Å². The number of rotatable bonds is 7. The summed E-state index contributed by atoms with van der Waals surface area (Å²) >= 11 is 8.54. The highest BCUT2D eigenvalue weighted by atomic mass is 35.5. The molecule has 0 unspecified atom stereocenters. The van der Waals surface area contributed by atoms with Crippen LogP contribution in [0.15, 0.2) is 32.1 Å². The molecule has 1 fully saturated rings. The number of Topliss-reactive ketones (excluding diaryl/α,β-unsaturated/α-hetero) is 1. The second kappa shape index (κ2) is 8.25. The van der Waals surface area contributed by atoms with Gasteiger partial charge in [0.1, 0.15) is 11.4 Å². The maximum absolute atomic E-state index is 12.6. The second-order valence-electron chi connectivity index (χ2n) is 6.79. The van der Waals surface area contributed by atoms with E-state index in [1.807, 2.05) is 19.1 Å². The number of nitrogens with two attached hydrogens (primary N) is 1. The van der Waals surface area contributed by atoms with Crippen molar-refractivity contribution in [1.82, 2.24) is 19.7 Å². The number of hydrogen-bond acceptors (Lipinski definition) is 9. The molecule has 4 rings (SSSR count). The lowest BCUT2D eigenvalue weighted by atomic mass is 10.2. The normalized spacial score (nSPS) is 13.4. The van der Waals surface area contributed by atoms with Gasteiger partial charge in [-0.2, -0.15) is 0 Å². The van der Waals surface area contributed by atoms with Gasteiger partial charge in [0.2, 0.25) is 5.13 Å². The van der Waals surface area contributed by atoms with Crippen LogP contribution in [0.2, 0.25) is 5.02 Å². The molecule has 0 amide bonds. The number of nitrogens with one attached hydrogen (secondary N) is 2. The molecule has 2 heterocycles. The molecule has 0 aliphatic heterocycles. The van der Waals surface area contributed by atoms with Gasteiger partial charge in [-0.3, -0.25) is 19.1 Å².